The third kappa shape index (κ3) is 3.86. The van der Waals surface area contributed by atoms with E-state index in [1.54, 1.807) is 0 Å². The first-order chi connectivity index (χ1) is 8.47. The van der Waals surface area contributed by atoms with Crippen LogP contribution in [-0.4, -0.2) is 23.1 Å². The van der Waals surface area contributed by atoms with E-state index in [9.17, 15) is 0 Å². The summed E-state index contributed by atoms with van der Waals surface area (Å²) in [6.07, 6.45) is 2.38. The van der Waals surface area contributed by atoms with Gasteiger partial charge in [-0.3, -0.25) is 0 Å². The van der Waals surface area contributed by atoms with Crippen molar-refractivity contribution in [3.05, 3.63) is 11.4 Å². The lowest BCUT2D eigenvalue weighted by Gasteiger charge is -2.20. The molecule has 0 aromatic carbocycles. The van der Waals surface area contributed by atoms with Crippen LogP contribution in [0.5, 0.6) is 0 Å². The summed E-state index contributed by atoms with van der Waals surface area (Å²) < 4.78 is 0. The van der Waals surface area contributed by atoms with E-state index >= 15 is 0 Å². The maximum atomic E-state index is 4.49. The number of aromatic nitrogens is 2. The van der Waals surface area contributed by atoms with Gasteiger partial charge < -0.3 is 10.6 Å². The molecule has 4 heteroatoms. The zero-order chi connectivity index (χ0) is 13.7. The molecule has 102 valence electrons. The Morgan fingerprint density at radius 1 is 1.11 bits per heavy atom. The lowest BCUT2D eigenvalue weighted by molar-refractivity contribution is 0.483. The number of nitrogens with one attached hydrogen (secondary N) is 2. The standard InChI is InChI=1S/C14H26N4/c1-7-9(2)8-10(3)16-14-11(4)13(15-6)17-12(5)18-14/h9-10H,7-8H2,1-6H3,(H2,15,16,17,18). The second-order valence-corrected chi connectivity index (χ2v) is 5.14. The first-order valence-electron chi connectivity index (χ1n) is 6.77. The molecule has 1 heterocycles. The molecule has 0 aliphatic carbocycles. The highest BCUT2D eigenvalue weighted by Crippen LogP contribution is 2.21. The van der Waals surface area contributed by atoms with E-state index in [0.717, 1.165) is 35.4 Å². The Bertz CT molecular complexity index is 390. The minimum absolute atomic E-state index is 0.428. The summed E-state index contributed by atoms with van der Waals surface area (Å²) in [4.78, 5) is 8.87. The zero-order valence-electron chi connectivity index (χ0n) is 12.5. The molecule has 0 amide bonds. The molecule has 0 aliphatic heterocycles. The molecule has 0 radical (unpaired) electrons. The van der Waals surface area contributed by atoms with Crippen LogP contribution in [0.25, 0.3) is 0 Å². The lowest BCUT2D eigenvalue weighted by atomic mass is 10.0. The van der Waals surface area contributed by atoms with Gasteiger partial charge in [0.05, 0.1) is 0 Å². The van der Waals surface area contributed by atoms with Crippen LogP contribution in [-0.2, 0) is 0 Å². The summed E-state index contributed by atoms with van der Waals surface area (Å²) in [7, 11) is 1.89. The Morgan fingerprint density at radius 2 is 1.72 bits per heavy atom. The summed E-state index contributed by atoms with van der Waals surface area (Å²) in [6.45, 7) is 10.7. The van der Waals surface area contributed by atoms with Crippen molar-refractivity contribution in [3.8, 4) is 0 Å². The number of nitrogens with zero attached hydrogens (tertiary/aromatic N) is 2. The summed E-state index contributed by atoms with van der Waals surface area (Å²) in [6, 6.07) is 0.428. The van der Waals surface area contributed by atoms with Crippen molar-refractivity contribution in [2.24, 2.45) is 5.92 Å². The van der Waals surface area contributed by atoms with Crippen LogP contribution in [0.2, 0.25) is 0 Å². The minimum atomic E-state index is 0.428. The molecule has 2 N–H and O–H groups in total. The van der Waals surface area contributed by atoms with Gasteiger partial charge in [0.15, 0.2) is 0 Å². The van der Waals surface area contributed by atoms with Crippen molar-refractivity contribution in [2.75, 3.05) is 17.7 Å². The summed E-state index contributed by atoms with van der Waals surface area (Å²) >= 11 is 0. The van der Waals surface area contributed by atoms with Crippen LogP contribution >= 0.6 is 0 Å². The van der Waals surface area contributed by atoms with Crippen LogP contribution in [0, 0.1) is 19.8 Å². The monoisotopic (exact) mass is 250 g/mol. The summed E-state index contributed by atoms with van der Waals surface area (Å²) in [5.41, 5.74) is 1.08. The van der Waals surface area contributed by atoms with Gasteiger partial charge in [0.2, 0.25) is 0 Å². The highest BCUT2D eigenvalue weighted by molar-refractivity contribution is 5.57. The molecule has 2 unspecified atom stereocenters. The summed E-state index contributed by atoms with van der Waals surface area (Å²) in [5, 5.41) is 6.61. The van der Waals surface area contributed by atoms with Gasteiger partial charge >= 0.3 is 0 Å². The Labute approximate surface area is 111 Å². The molecule has 1 rings (SSSR count). The fourth-order valence-corrected chi connectivity index (χ4v) is 2.07. The average Bonchev–Trinajstić information content (AvgIpc) is 2.32. The van der Waals surface area contributed by atoms with Crippen LogP contribution < -0.4 is 10.6 Å². The second kappa shape index (κ2) is 6.57. The van der Waals surface area contributed by atoms with Gasteiger partial charge in [0.25, 0.3) is 0 Å². The van der Waals surface area contributed by atoms with E-state index in [1.165, 1.54) is 6.42 Å². The third-order valence-corrected chi connectivity index (χ3v) is 3.33. The molecule has 0 saturated heterocycles. The second-order valence-electron chi connectivity index (χ2n) is 5.14. The van der Waals surface area contributed by atoms with Gasteiger partial charge in [-0.25, -0.2) is 9.97 Å². The van der Waals surface area contributed by atoms with Crippen molar-refractivity contribution in [1.82, 2.24) is 9.97 Å². The fraction of sp³-hybridized carbons (Fsp3) is 0.714. The van der Waals surface area contributed by atoms with Gasteiger partial charge in [0, 0.05) is 18.7 Å². The molecule has 0 fully saturated rings. The van der Waals surface area contributed by atoms with E-state index in [4.69, 9.17) is 0 Å². The highest BCUT2D eigenvalue weighted by atomic mass is 15.1. The SMILES string of the molecule is CCC(C)CC(C)Nc1nc(C)nc(NC)c1C. The van der Waals surface area contributed by atoms with Crippen molar-refractivity contribution in [2.45, 2.75) is 53.5 Å². The minimum Gasteiger partial charge on any atom is -0.373 e. The quantitative estimate of drug-likeness (QED) is 0.812. The van der Waals surface area contributed by atoms with E-state index in [2.05, 4.69) is 41.4 Å². The maximum Gasteiger partial charge on any atom is 0.134 e. The van der Waals surface area contributed by atoms with Crippen LogP contribution in [0.15, 0.2) is 0 Å². The van der Waals surface area contributed by atoms with Crippen molar-refractivity contribution in [3.63, 3.8) is 0 Å². The molecule has 1 aromatic heterocycles. The first-order valence-corrected chi connectivity index (χ1v) is 6.77. The van der Waals surface area contributed by atoms with Crippen molar-refractivity contribution >= 4 is 11.6 Å². The van der Waals surface area contributed by atoms with Gasteiger partial charge in [0.1, 0.15) is 17.5 Å². The molecule has 0 bridgehead atoms. The molecular weight excluding hydrogens is 224 g/mol. The molecule has 2 atom stereocenters. The number of anilines is 2. The van der Waals surface area contributed by atoms with Gasteiger partial charge in [-0.05, 0) is 33.1 Å². The largest absolute Gasteiger partial charge is 0.373 e. The Hall–Kier alpha value is -1.32. The van der Waals surface area contributed by atoms with Gasteiger partial charge in [-0.2, -0.15) is 0 Å². The molecule has 0 saturated carbocycles. The van der Waals surface area contributed by atoms with E-state index < -0.39 is 0 Å². The third-order valence-electron chi connectivity index (χ3n) is 3.33. The van der Waals surface area contributed by atoms with Gasteiger partial charge in [-0.1, -0.05) is 20.3 Å². The maximum absolute atomic E-state index is 4.49. The molecule has 18 heavy (non-hydrogen) atoms. The number of hydrogen-bond donors (Lipinski definition) is 2. The summed E-state index contributed by atoms with van der Waals surface area (Å²) in [5.74, 6) is 3.38. The lowest BCUT2D eigenvalue weighted by Crippen LogP contribution is -2.20. The molecule has 1 aromatic rings. The fourth-order valence-electron chi connectivity index (χ4n) is 2.07. The Kier molecular flexibility index (Phi) is 5.38. The predicted molar refractivity (Wildman–Crippen MR) is 78.2 cm³/mol. The van der Waals surface area contributed by atoms with Crippen molar-refractivity contribution < 1.29 is 0 Å². The Morgan fingerprint density at radius 3 is 2.28 bits per heavy atom. The predicted octanol–water partition coefficient (Wildman–Crippen LogP) is 3.37. The zero-order valence-corrected chi connectivity index (χ0v) is 12.5. The first kappa shape index (κ1) is 14.7. The number of rotatable bonds is 6. The topological polar surface area (TPSA) is 49.8 Å². The number of aryl methyl sites for hydroxylation is 1. The van der Waals surface area contributed by atoms with Gasteiger partial charge in [-0.15, -0.1) is 0 Å². The van der Waals surface area contributed by atoms with Crippen LogP contribution in [0.1, 0.15) is 45.0 Å². The van der Waals surface area contributed by atoms with Crippen LogP contribution in [0.3, 0.4) is 0 Å². The van der Waals surface area contributed by atoms with Crippen molar-refractivity contribution in [1.29, 1.82) is 0 Å². The normalized spacial score (nSPS) is 14.1. The number of hydrogen-bond acceptors (Lipinski definition) is 4. The van der Waals surface area contributed by atoms with E-state index in [0.29, 0.717) is 6.04 Å². The molecule has 4 nitrogen and oxygen atoms in total. The average molecular weight is 250 g/mol. The molecule has 0 spiro atoms. The molecule has 0 aliphatic rings. The molecular formula is C14H26N4. The Balaban J connectivity index is 2.80. The van der Waals surface area contributed by atoms with Crippen LogP contribution in [0.4, 0.5) is 11.6 Å². The van der Waals surface area contributed by atoms with E-state index in [-0.39, 0.29) is 0 Å². The van der Waals surface area contributed by atoms with E-state index in [1.807, 2.05) is 20.9 Å². The highest BCUT2D eigenvalue weighted by Gasteiger charge is 2.12. The smallest absolute Gasteiger partial charge is 0.134 e.